The summed E-state index contributed by atoms with van der Waals surface area (Å²) in [5, 5.41) is 14.8. The predicted octanol–water partition coefficient (Wildman–Crippen LogP) is 2.43. The number of hydrogen-bond donors (Lipinski definition) is 1. The Labute approximate surface area is 136 Å². The van der Waals surface area contributed by atoms with E-state index in [2.05, 4.69) is 16.9 Å². The van der Waals surface area contributed by atoms with Gasteiger partial charge in [0.15, 0.2) is 0 Å². The van der Waals surface area contributed by atoms with Crippen LogP contribution in [0.4, 0.5) is 0 Å². The van der Waals surface area contributed by atoms with Crippen molar-refractivity contribution in [2.75, 3.05) is 20.3 Å². The first-order valence-corrected chi connectivity index (χ1v) is 8.36. The fraction of sp³-hybridized carbons (Fsp3) is 0.938. The summed E-state index contributed by atoms with van der Waals surface area (Å²) in [5.41, 5.74) is 7.57. The summed E-state index contributed by atoms with van der Waals surface area (Å²) in [4.78, 5) is 15.0. The minimum Gasteiger partial charge on any atom is -0.462 e. The fourth-order valence-electron chi connectivity index (χ4n) is 5.26. The minimum atomic E-state index is -0.979. The van der Waals surface area contributed by atoms with Crippen LogP contribution in [0, 0.1) is 23.2 Å². The van der Waals surface area contributed by atoms with Crippen LogP contribution in [0.1, 0.15) is 39.0 Å². The Kier molecular flexibility index (Phi) is 4.29. The summed E-state index contributed by atoms with van der Waals surface area (Å²) in [6.45, 7) is 2.63. The molecule has 6 atom stereocenters. The second kappa shape index (κ2) is 5.96. The molecule has 0 radical (unpaired) electrons. The molecule has 0 aromatic carbocycles. The summed E-state index contributed by atoms with van der Waals surface area (Å²) in [6.07, 6.45) is 3.97. The van der Waals surface area contributed by atoms with Gasteiger partial charge in [-0.15, -0.1) is 0 Å². The fourth-order valence-corrected chi connectivity index (χ4v) is 5.26. The third-order valence-electron chi connectivity index (χ3n) is 6.34. The number of aliphatic hydroxyl groups is 1. The molecule has 0 aromatic heterocycles. The highest BCUT2D eigenvalue weighted by molar-refractivity contribution is 5.75. The van der Waals surface area contributed by atoms with Gasteiger partial charge in [0.1, 0.15) is 6.10 Å². The Bertz CT molecular complexity index is 535. The number of fused-ring (bicyclic) bond motifs is 2. The zero-order valence-corrected chi connectivity index (χ0v) is 13.8. The number of rotatable bonds is 4. The van der Waals surface area contributed by atoms with Crippen LogP contribution >= 0.6 is 0 Å². The molecule has 0 aromatic rings. The van der Waals surface area contributed by atoms with E-state index in [1.165, 1.54) is 0 Å². The third-order valence-corrected chi connectivity index (χ3v) is 6.34. The van der Waals surface area contributed by atoms with Crippen molar-refractivity contribution in [1.82, 2.24) is 0 Å². The van der Waals surface area contributed by atoms with Crippen LogP contribution in [0.15, 0.2) is 5.11 Å². The maximum atomic E-state index is 12.1. The van der Waals surface area contributed by atoms with Crippen LogP contribution in [0.5, 0.6) is 0 Å². The number of azide groups is 1. The van der Waals surface area contributed by atoms with Gasteiger partial charge in [-0.3, -0.25) is 4.79 Å². The van der Waals surface area contributed by atoms with E-state index < -0.39 is 5.60 Å². The number of esters is 1. The molecule has 3 aliphatic rings. The summed E-state index contributed by atoms with van der Waals surface area (Å²) in [5.74, 6) is -0.330. The molecule has 2 saturated carbocycles. The van der Waals surface area contributed by atoms with Crippen molar-refractivity contribution in [2.24, 2.45) is 28.3 Å². The SMILES string of the molecule is COC[C@H]1C(=O)O[C@@H]2C[C@@]3(C)CCC[C@](O)(CN=[N+]=[N-])[C@@H]3C[C@@H]21. The first kappa shape index (κ1) is 16.6. The van der Waals surface area contributed by atoms with Gasteiger partial charge in [0.2, 0.25) is 0 Å². The number of carbonyl (C=O) groups excluding carboxylic acids is 1. The van der Waals surface area contributed by atoms with Gasteiger partial charge in [0, 0.05) is 17.9 Å². The molecule has 7 heteroatoms. The molecule has 0 spiro atoms. The van der Waals surface area contributed by atoms with Crippen molar-refractivity contribution in [3.05, 3.63) is 10.4 Å². The molecule has 1 aliphatic heterocycles. The summed E-state index contributed by atoms with van der Waals surface area (Å²) < 4.78 is 10.8. The lowest BCUT2D eigenvalue weighted by Gasteiger charge is -2.55. The van der Waals surface area contributed by atoms with E-state index in [1.54, 1.807) is 7.11 Å². The van der Waals surface area contributed by atoms with E-state index in [0.29, 0.717) is 13.0 Å². The summed E-state index contributed by atoms with van der Waals surface area (Å²) >= 11 is 0. The second-order valence-corrected chi connectivity index (χ2v) is 7.69. The van der Waals surface area contributed by atoms with Crippen molar-refractivity contribution < 1.29 is 19.4 Å². The van der Waals surface area contributed by atoms with Crippen LogP contribution < -0.4 is 0 Å². The average Bonchev–Trinajstić information content (AvgIpc) is 2.79. The largest absolute Gasteiger partial charge is 0.462 e. The van der Waals surface area contributed by atoms with Crippen molar-refractivity contribution in [2.45, 2.75) is 50.7 Å². The monoisotopic (exact) mass is 323 g/mol. The highest BCUT2D eigenvalue weighted by atomic mass is 16.6. The van der Waals surface area contributed by atoms with Gasteiger partial charge in [-0.05, 0) is 42.5 Å². The average molecular weight is 323 g/mol. The Morgan fingerprint density at radius 3 is 3.00 bits per heavy atom. The molecule has 1 heterocycles. The van der Waals surface area contributed by atoms with Crippen molar-refractivity contribution in [3.63, 3.8) is 0 Å². The number of hydrogen-bond acceptors (Lipinski definition) is 5. The molecule has 1 saturated heterocycles. The van der Waals surface area contributed by atoms with Crippen LogP contribution in [-0.4, -0.2) is 43.0 Å². The molecule has 3 rings (SSSR count). The van der Waals surface area contributed by atoms with Crippen LogP contribution in [-0.2, 0) is 14.3 Å². The zero-order chi connectivity index (χ0) is 16.7. The lowest BCUT2D eigenvalue weighted by Crippen LogP contribution is -2.57. The lowest BCUT2D eigenvalue weighted by molar-refractivity contribution is -0.157. The minimum absolute atomic E-state index is 0.0179. The van der Waals surface area contributed by atoms with Gasteiger partial charge in [0.05, 0.1) is 24.7 Å². The Balaban J connectivity index is 1.88. The van der Waals surface area contributed by atoms with Crippen LogP contribution in [0.25, 0.3) is 10.4 Å². The molecular weight excluding hydrogens is 298 g/mol. The van der Waals surface area contributed by atoms with Gasteiger partial charge < -0.3 is 14.6 Å². The van der Waals surface area contributed by atoms with Gasteiger partial charge in [-0.25, -0.2) is 0 Å². The highest BCUT2D eigenvalue weighted by Crippen LogP contribution is 2.58. The number of methoxy groups -OCH3 is 1. The third kappa shape index (κ3) is 2.71. The topological polar surface area (TPSA) is 105 Å². The quantitative estimate of drug-likeness (QED) is 0.371. The molecule has 0 bridgehead atoms. The molecule has 1 N–H and O–H groups in total. The van der Waals surface area contributed by atoms with E-state index in [0.717, 1.165) is 25.7 Å². The smallest absolute Gasteiger partial charge is 0.311 e. The van der Waals surface area contributed by atoms with Crippen LogP contribution in [0.3, 0.4) is 0 Å². The van der Waals surface area contributed by atoms with E-state index in [9.17, 15) is 9.90 Å². The Morgan fingerprint density at radius 1 is 1.52 bits per heavy atom. The first-order chi connectivity index (χ1) is 10.9. The van der Waals surface area contributed by atoms with Gasteiger partial charge in [0.25, 0.3) is 0 Å². The molecule has 0 amide bonds. The lowest BCUT2D eigenvalue weighted by atomic mass is 9.52. The molecular formula is C16H25N3O4. The van der Waals surface area contributed by atoms with E-state index >= 15 is 0 Å². The van der Waals surface area contributed by atoms with E-state index in [1.807, 2.05) is 0 Å². The number of ether oxygens (including phenoxy) is 2. The normalized spacial score (nSPS) is 45.6. The first-order valence-electron chi connectivity index (χ1n) is 8.36. The number of carbonyl (C=O) groups is 1. The number of nitrogens with zero attached hydrogens (tertiary/aromatic N) is 3. The Hall–Kier alpha value is -1.30. The molecule has 3 fully saturated rings. The van der Waals surface area contributed by atoms with Crippen LogP contribution in [0.2, 0.25) is 0 Å². The molecule has 2 aliphatic carbocycles. The van der Waals surface area contributed by atoms with Gasteiger partial charge in [-0.1, -0.05) is 18.5 Å². The zero-order valence-electron chi connectivity index (χ0n) is 13.8. The molecule has 23 heavy (non-hydrogen) atoms. The summed E-state index contributed by atoms with van der Waals surface area (Å²) in [6, 6.07) is 0. The second-order valence-electron chi connectivity index (χ2n) is 7.69. The highest BCUT2D eigenvalue weighted by Gasteiger charge is 2.59. The van der Waals surface area contributed by atoms with Gasteiger partial charge in [-0.2, -0.15) is 0 Å². The molecule has 0 unspecified atom stereocenters. The van der Waals surface area contributed by atoms with E-state index in [4.69, 9.17) is 15.0 Å². The van der Waals surface area contributed by atoms with Crippen molar-refractivity contribution in [1.29, 1.82) is 0 Å². The van der Waals surface area contributed by atoms with Crippen molar-refractivity contribution >= 4 is 5.97 Å². The maximum Gasteiger partial charge on any atom is 0.311 e. The van der Waals surface area contributed by atoms with E-state index in [-0.39, 0.29) is 41.8 Å². The summed E-state index contributed by atoms with van der Waals surface area (Å²) in [7, 11) is 1.59. The standard InChI is InChI=1S/C16H25N3O4/c1-15-4-3-5-16(21,9-18-19-17)13(15)6-10-11(8-22-2)14(20)23-12(10)7-15/h10-13,21H,3-9H2,1-2H3/t10-,11-,12-,13-,15-,16+/m1/s1. The Morgan fingerprint density at radius 2 is 2.30 bits per heavy atom. The maximum absolute atomic E-state index is 12.1. The van der Waals surface area contributed by atoms with Gasteiger partial charge >= 0.3 is 5.97 Å². The molecule has 128 valence electrons. The van der Waals surface area contributed by atoms with Crippen molar-refractivity contribution in [3.8, 4) is 0 Å². The predicted molar refractivity (Wildman–Crippen MR) is 82.4 cm³/mol. The molecule has 7 nitrogen and oxygen atoms in total.